The van der Waals surface area contributed by atoms with Gasteiger partial charge in [-0.15, -0.1) is 0 Å². The number of amides is 2. The summed E-state index contributed by atoms with van der Waals surface area (Å²) in [6.45, 7) is 5.47. The monoisotopic (exact) mass is 589 g/mol. The van der Waals surface area contributed by atoms with Crippen LogP contribution in [0.4, 0.5) is 5.69 Å². The molecule has 0 aliphatic carbocycles. The summed E-state index contributed by atoms with van der Waals surface area (Å²) < 4.78 is 28.7. The van der Waals surface area contributed by atoms with Crippen LogP contribution in [0.5, 0.6) is 0 Å². The van der Waals surface area contributed by atoms with Gasteiger partial charge < -0.3 is 10.2 Å². The lowest BCUT2D eigenvalue weighted by molar-refractivity contribution is -0.140. The molecule has 10 heteroatoms. The molecule has 2 amide bonds. The number of anilines is 1. The molecule has 0 spiro atoms. The Bertz CT molecular complexity index is 1360. The molecule has 0 saturated carbocycles. The lowest BCUT2D eigenvalue weighted by atomic mass is 10.1. The SMILES string of the molecule is CCCNC(=O)C(CC)N(Cc1c(Cl)cccc1Cl)C(=O)CN(c1ccc(C)cc1)S(=O)(=O)c1ccccc1. The van der Waals surface area contributed by atoms with E-state index >= 15 is 0 Å². The maximum Gasteiger partial charge on any atom is 0.264 e. The number of halogens is 2. The summed E-state index contributed by atoms with van der Waals surface area (Å²) in [6, 6.07) is 18.9. The Hall–Kier alpha value is -3.07. The lowest BCUT2D eigenvalue weighted by Gasteiger charge is -2.33. The molecular weight excluding hydrogens is 557 g/mol. The van der Waals surface area contributed by atoms with Gasteiger partial charge in [-0.2, -0.15) is 0 Å². The average Bonchev–Trinajstić information content (AvgIpc) is 2.92. The van der Waals surface area contributed by atoms with Crippen molar-refractivity contribution >= 4 is 50.7 Å². The summed E-state index contributed by atoms with van der Waals surface area (Å²) in [7, 11) is -4.12. The molecule has 0 saturated heterocycles. The van der Waals surface area contributed by atoms with Gasteiger partial charge in [0, 0.05) is 28.7 Å². The summed E-state index contributed by atoms with van der Waals surface area (Å²) in [6.07, 6.45) is 1.03. The van der Waals surface area contributed by atoms with Crippen molar-refractivity contribution < 1.29 is 18.0 Å². The van der Waals surface area contributed by atoms with Crippen molar-refractivity contribution in [2.45, 2.75) is 51.1 Å². The predicted octanol–water partition coefficient (Wildman–Crippen LogP) is 5.83. The van der Waals surface area contributed by atoms with Crippen LogP contribution in [0.3, 0.4) is 0 Å². The standard InChI is InChI=1S/C29H33Cl2N3O4S/c1-4-18-32-29(36)27(5-2)33(19-24-25(30)12-9-13-26(24)31)28(35)20-34(22-16-14-21(3)15-17-22)39(37,38)23-10-7-6-8-11-23/h6-17,27H,4-5,18-20H2,1-3H3,(H,32,36). The molecule has 208 valence electrons. The molecule has 0 aliphatic rings. The number of hydrogen-bond donors (Lipinski definition) is 1. The molecule has 0 fully saturated rings. The minimum atomic E-state index is -4.12. The Morgan fingerprint density at radius 2 is 1.51 bits per heavy atom. The van der Waals surface area contributed by atoms with E-state index in [0.29, 0.717) is 34.3 Å². The van der Waals surface area contributed by atoms with Crippen LogP contribution in [0.2, 0.25) is 10.0 Å². The molecular formula is C29H33Cl2N3O4S. The third-order valence-electron chi connectivity index (χ3n) is 6.26. The van der Waals surface area contributed by atoms with E-state index in [1.165, 1.54) is 17.0 Å². The molecule has 0 aliphatic heterocycles. The van der Waals surface area contributed by atoms with E-state index in [1.807, 2.05) is 13.8 Å². The Morgan fingerprint density at radius 1 is 0.897 bits per heavy atom. The summed E-state index contributed by atoms with van der Waals surface area (Å²) in [4.78, 5) is 28.6. The normalized spacial score (nSPS) is 12.0. The van der Waals surface area contributed by atoms with Crippen molar-refractivity contribution in [1.82, 2.24) is 10.2 Å². The molecule has 0 bridgehead atoms. The zero-order valence-electron chi connectivity index (χ0n) is 22.2. The smallest absolute Gasteiger partial charge is 0.264 e. The summed E-state index contributed by atoms with van der Waals surface area (Å²) in [5.41, 5.74) is 1.75. The van der Waals surface area contributed by atoms with E-state index in [1.54, 1.807) is 67.6 Å². The summed E-state index contributed by atoms with van der Waals surface area (Å²) in [5, 5.41) is 3.54. The highest BCUT2D eigenvalue weighted by molar-refractivity contribution is 7.92. The van der Waals surface area contributed by atoms with Crippen LogP contribution in [0.25, 0.3) is 0 Å². The highest BCUT2D eigenvalue weighted by atomic mass is 35.5. The quantitative estimate of drug-likeness (QED) is 0.288. The van der Waals surface area contributed by atoms with Crippen molar-refractivity contribution in [2.75, 3.05) is 17.4 Å². The zero-order valence-corrected chi connectivity index (χ0v) is 24.6. The molecule has 7 nitrogen and oxygen atoms in total. The number of rotatable bonds is 12. The molecule has 1 atom stereocenters. The van der Waals surface area contributed by atoms with Gasteiger partial charge in [-0.05, 0) is 56.2 Å². The molecule has 3 aromatic rings. The molecule has 0 radical (unpaired) electrons. The Balaban J connectivity index is 2.07. The second kappa shape index (κ2) is 13.8. The third kappa shape index (κ3) is 7.53. The number of sulfonamides is 1. The van der Waals surface area contributed by atoms with Gasteiger partial charge in [-0.3, -0.25) is 13.9 Å². The maximum atomic E-state index is 14.0. The third-order valence-corrected chi connectivity index (χ3v) is 8.75. The highest BCUT2D eigenvalue weighted by Crippen LogP contribution is 2.29. The minimum absolute atomic E-state index is 0.0480. The second-order valence-corrected chi connectivity index (χ2v) is 11.8. The first-order chi connectivity index (χ1) is 18.6. The van der Waals surface area contributed by atoms with Gasteiger partial charge in [0.1, 0.15) is 12.6 Å². The molecule has 39 heavy (non-hydrogen) atoms. The number of aryl methyl sites for hydroxylation is 1. The van der Waals surface area contributed by atoms with Gasteiger partial charge >= 0.3 is 0 Å². The van der Waals surface area contributed by atoms with E-state index in [9.17, 15) is 18.0 Å². The van der Waals surface area contributed by atoms with E-state index in [-0.39, 0.29) is 17.3 Å². The molecule has 0 heterocycles. The maximum absolute atomic E-state index is 14.0. The number of hydrogen-bond acceptors (Lipinski definition) is 4. The van der Waals surface area contributed by atoms with Crippen LogP contribution in [0.1, 0.15) is 37.8 Å². The van der Waals surface area contributed by atoms with Crippen LogP contribution >= 0.6 is 23.2 Å². The average molecular weight is 591 g/mol. The van der Waals surface area contributed by atoms with Crippen LogP contribution in [0, 0.1) is 6.92 Å². The highest BCUT2D eigenvalue weighted by Gasteiger charge is 2.34. The zero-order chi connectivity index (χ0) is 28.6. The molecule has 3 aromatic carbocycles. The molecule has 0 aromatic heterocycles. The summed E-state index contributed by atoms with van der Waals surface area (Å²) in [5.74, 6) is -0.895. The van der Waals surface area contributed by atoms with Gasteiger partial charge in [0.15, 0.2) is 0 Å². The number of carbonyl (C=O) groups is 2. The van der Waals surface area contributed by atoms with Crippen molar-refractivity contribution in [1.29, 1.82) is 0 Å². The molecule has 3 rings (SSSR count). The van der Waals surface area contributed by atoms with Crippen LogP contribution in [0.15, 0.2) is 77.7 Å². The van der Waals surface area contributed by atoms with Crippen LogP contribution in [-0.2, 0) is 26.2 Å². The number of benzene rings is 3. The number of carbonyl (C=O) groups excluding carboxylic acids is 2. The first-order valence-electron chi connectivity index (χ1n) is 12.7. The van der Waals surface area contributed by atoms with Gasteiger partial charge in [0.05, 0.1) is 10.6 Å². The number of nitrogens with zero attached hydrogens (tertiary/aromatic N) is 2. The van der Waals surface area contributed by atoms with Gasteiger partial charge in [-0.25, -0.2) is 8.42 Å². The predicted molar refractivity (Wildman–Crippen MR) is 157 cm³/mol. The fraction of sp³-hybridized carbons (Fsp3) is 0.310. The Kier molecular flexibility index (Phi) is 10.8. The number of nitrogens with one attached hydrogen (secondary N) is 1. The van der Waals surface area contributed by atoms with Crippen molar-refractivity contribution in [3.8, 4) is 0 Å². The van der Waals surface area contributed by atoms with E-state index < -0.39 is 28.5 Å². The van der Waals surface area contributed by atoms with Gasteiger partial charge in [0.2, 0.25) is 11.8 Å². The fourth-order valence-corrected chi connectivity index (χ4v) is 6.05. The molecule has 1 unspecified atom stereocenters. The second-order valence-electron chi connectivity index (χ2n) is 9.10. The topological polar surface area (TPSA) is 86.8 Å². The van der Waals surface area contributed by atoms with Crippen molar-refractivity contribution in [3.63, 3.8) is 0 Å². The van der Waals surface area contributed by atoms with Crippen LogP contribution < -0.4 is 9.62 Å². The Morgan fingerprint density at radius 3 is 2.08 bits per heavy atom. The largest absolute Gasteiger partial charge is 0.354 e. The Labute approximate surface area is 240 Å². The van der Waals surface area contributed by atoms with Crippen LogP contribution in [-0.4, -0.2) is 44.3 Å². The molecule has 1 N–H and O–H groups in total. The van der Waals surface area contributed by atoms with E-state index in [0.717, 1.165) is 16.3 Å². The van der Waals surface area contributed by atoms with Crippen molar-refractivity contribution in [2.24, 2.45) is 0 Å². The van der Waals surface area contributed by atoms with Gasteiger partial charge in [-0.1, -0.05) is 79.0 Å². The van der Waals surface area contributed by atoms with E-state index in [2.05, 4.69) is 5.32 Å². The minimum Gasteiger partial charge on any atom is -0.354 e. The lowest BCUT2D eigenvalue weighted by Crippen LogP contribution is -2.52. The summed E-state index contributed by atoms with van der Waals surface area (Å²) >= 11 is 12.9. The fourth-order valence-electron chi connectivity index (χ4n) is 4.10. The first kappa shape index (κ1) is 30.5. The first-order valence-corrected chi connectivity index (χ1v) is 14.9. The van der Waals surface area contributed by atoms with Gasteiger partial charge in [0.25, 0.3) is 10.0 Å². The van der Waals surface area contributed by atoms with Crippen molar-refractivity contribution in [3.05, 3.63) is 94.0 Å². The van der Waals surface area contributed by atoms with E-state index in [4.69, 9.17) is 23.2 Å².